The summed E-state index contributed by atoms with van der Waals surface area (Å²) in [6, 6.07) is 0. The molecule has 67 heavy (non-hydrogen) atoms. The molecule has 0 aromatic rings. The predicted octanol–water partition coefficient (Wildman–Crippen LogP) is 18.1. The number of hydrogen-bond acceptors (Lipinski definition) is 6. The van der Waals surface area contributed by atoms with E-state index in [1.807, 2.05) is 12.2 Å². The van der Waals surface area contributed by atoms with Crippen molar-refractivity contribution in [2.24, 2.45) is 0 Å². The van der Waals surface area contributed by atoms with Crippen molar-refractivity contribution in [3.63, 3.8) is 0 Å². The number of ether oxygens (including phenoxy) is 3. The van der Waals surface area contributed by atoms with Crippen LogP contribution in [0.3, 0.4) is 0 Å². The molecule has 0 amide bonds. The van der Waals surface area contributed by atoms with E-state index in [4.69, 9.17) is 14.2 Å². The summed E-state index contributed by atoms with van der Waals surface area (Å²) in [5.74, 6) is -1.04. The lowest BCUT2D eigenvalue weighted by molar-refractivity contribution is -0.166. The SMILES string of the molecule is CC/C=C\C/C=C\C/C=C\C/C=C\CCC(=O)OCC(COC(=O)CCCCCCCC/C=C\C/C=C\C/C=C\CCCCCCC)OC(=O)CCCCCCC/C=C\C/C=C\C/C=C\CC. The topological polar surface area (TPSA) is 78.9 Å². The van der Waals surface area contributed by atoms with Gasteiger partial charge in [0.05, 0.1) is 0 Å². The van der Waals surface area contributed by atoms with Crippen molar-refractivity contribution in [2.45, 2.75) is 232 Å². The van der Waals surface area contributed by atoms with E-state index in [1.54, 1.807) is 0 Å². The van der Waals surface area contributed by atoms with E-state index < -0.39 is 6.10 Å². The molecule has 0 saturated heterocycles. The minimum absolute atomic E-state index is 0.118. The highest BCUT2D eigenvalue weighted by atomic mass is 16.6. The van der Waals surface area contributed by atoms with Gasteiger partial charge in [0, 0.05) is 19.3 Å². The van der Waals surface area contributed by atoms with Crippen molar-refractivity contribution < 1.29 is 28.6 Å². The number of allylic oxidation sites excluding steroid dienone is 20. The zero-order valence-electron chi connectivity index (χ0n) is 43.1. The first-order valence-corrected chi connectivity index (χ1v) is 27.0. The lowest BCUT2D eigenvalue weighted by atomic mass is 10.1. The third kappa shape index (κ3) is 52.6. The van der Waals surface area contributed by atoms with Crippen molar-refractivity contribution in [3.05, 3.63) is 122 Å². The van der Waals surface area contributed by atoms with E-state index in [9.17, 15) is 14.4 Å². The molecule has 0 spiro atoms. The first-order chi connectivity index (χ1) is 33.0. The number of hydrogen-bond donors (Lipinski definition) is 0. The average Bonchev–Trinajstić information content (AvgIpc) is 3.33. The molecule has 0 bridgehead atoms. The summed E-state index contributed by atoms with van der Waals surface area (Å²) in [5.41, 5.74) is 0. The van der Waals surface area contributed by atoms with Crippen molar-refractivity contribution >= 4 is 17.9 Å². The second-order valence-corrected chi connectivity index (χ2v) is 17.4. The van der Waals surface area contributed by atoms with Crippen LogP contribution in [0.1, 0.15) is 226 Å². The van der Waals surface area contributed by atoms with Crippen LogP contribution >= 0.6 is 0 Å². The second-order valence-electron chi connectivity index (χ2n) is 17.4. The lowest BCUT2D eigenvalue weighted by Crippen LogP contribution is -2.30. The Morgan fingerprint density at radius 1 is 0.313 bits per heavy atom. The number of esters is 3. The number of rotatable bonds is 47. The van der Waals surface area contributed by atoms with E-state index >= 15 is 0 Å². The molecule has 0 aromatic heterocycles. The van der Waals surface area contributed by atoms with Crippen LogP contribution in [0.5, 0.6) is 0 Å². The third-order valence-corrected chi connectivity index (χ3v) is 10.9. The van der Waals surface area contributed by atoms with Crippen molar-refractivity contribution in [3.8, 4) is 0 Å². The molecule has 6 nitrogen and oxygen atoms in total. The van der Waals surface area contributed by atoms with Gasteiger partial charge in [-0.3, -0.25) is 14.4 Å². The van der Waals surface area contributed by atoms with Crippen LogP contribution < -0.4 is 0 Å². The Balaban J connectivity index is 4.49. The Morgan fingerprint density at radius 2 is 0.612 bits per heavy atom. The second kappa shape index (κ2) is 54.4. The zero-order chi connectivity index (χ0) is 48.6. The van der Waals surface area contributed by atoms with E-state index in [0.717, 1.165) is 128 Å². The summed E-state index contributed by atoms with van der Waals surface area (Å²) in [7, 11) is 0. The summed E-state index contributed by atoms with van der Waals surface area (Å²) in [4.78, 5) is 38.0. The maximum Gasteiger partial charge on any atom is 0.306 e. The highest BCUT2D eigenvalue weighted by Gasteiger charge is 2.19. The van der Waals surface area contributed by atoms with Crippen LogP contribution in [0.25, 0.3) is 0 Å². The predicted molar refractivity (Wildman–Crippen MR) is 288 cm³/mol. The van der Waals surface area contributed by atoms with Gasteiger partial charge in [0.15, 0.2) is 6.10 Å². The molecule has 0 rings (SSSR count). The van der Waals surface area contributed by atoms with Gasteiger partial charge < -0.3 is 14.2 Å². The molecule has 6 heteroatoms. The highest BCUT2D eigenvalue weighted by Crippen LogP contribution is 2.13. The monoisotopic (exact) mass is 927 g/mol. The molecule has 0 aliphatic rings. The fourth-order valence-corrected chi connectivity index (χ4v) is 6.95. The van der Waals surface area contributed by atoms with Crippen molar-refractivity contribution in [1.82, 2.24) is 0 Å². The minimum Gasteiger partial charge on any atom is -0.462 e. The van der Waals surface area contributed by atoms with Crippen LogP contribution in [0.4, 0.5) is 0 Å². The average molecular weight is 927 g/mol. The summed E-state index contributed by atoms with van der Waals surface area (Å²) in [6.45, 7) is 6.29. The van der Waals surface area contributed by atoms with Crippen LogP contribution in [-0.2, 0) is 28.6 Å². The van der Waals surface area contributed by atoms with Crippen LogP contribution in [0.2, 0.25) is 0 Å². The molecule has 0 N–H and O–H groups in total. The van der Waals surface area contributed by atoms with Crippen LogP contribution in [0, 0.1) is 0 Å². The Hall–Kier alpha value is -4.19. The zero-order valence-corrected chi connectivity index (χ0v) is 43.1. The standard InChI is InChI=1S/C61H98O6/c1-4-7-10-13-16-19-22-25-27-28-29-30-31-32-34-36-39-42-45-48-51-54-60(63)66-57-58(56-65-59(62)53-50-47-44-41-38-35-24-21-18-15-12-9-6-3)67-61(64)55-52-49-46-43-40-37-33-26-23-20-17-14-11-8-5-2/h8-9,11-12,17-18,20-22,25-26,28-29,31-33,35,38,44,47,58H,4-7,10,13-16,19,23-24,27,30,34,36-37,39-43,45-46,48-57H2,1-3H3/b11-8-,12-9-,20-17-,21-18-,25-22-,29-28-,32-31-,33-26-,38-35-,47-44-. The normalized spacial score (nSPS) is 13.1. The molecule has 378 valence electrons. The van der Waals surface area contributed by atoms with E-state index in [2.05, 4.69) is 130 Å². The minimum atomic E-state index is -0.825. The molecule has 1 atom stereocenters. The first kappa shape index (κ1) is 62.8. The fourth-order valence-electron chi connectivity index (χ4n) is 6.95. The number of carbonyl (C=O) groups excluding carboxylic acids is 3. The molecule has 0 aliphatic heterocycles. The van der Waals surface area contributed by atoms with Crippen LogP contribution in [0.15, 0.2) is 122 Å². The summed E-state index contributed by atoms with van der Waals surface area (Å²) in [5, 5.41) is 0. The largest absolute Gasteiger partial charge is 0.462 e. The molecule has 0 saturated carbocycles. The van der Waals surface area contributed by atoms with Gasteiger partial charge in [-0.1, -0.05) is 213 Å². The van der Waals surface area contributed by atoms with E-state index in [-0.39, 0.29) is 44.0 Å². The Labute approximate surface area is 412 Å². The quantitative estimate of drug-likeness (QED) is 0.0262. The molecule has 0 fully saturated rings. The molecule has 1 unspecified atom stereocenters. The summed E-state index contributed by atoms with van der Waals surface area (Å²) < 4.78 is 16.7. The van der Waals surface area contributed by atoms with Crippen LogP contribution in [-0.4, -0.2) is 37.2 Å². The van der Waals surface area contributed by atoms with E-state index in [0.29, 0.717) is 12.8 Å². The van der Waals surface area contributed by atoms with Gasteiger partial charge in [0.1, 0.15) is 13.2 Å². The molecular formula is C61H98O6. The molecule has 0 aromatic carbocycles. The first-order valence-electron chi connectivity index (χ1n) is 27.0. The van der Waals surface area contributed by atoms with Gasteiger partial charge in [-0.15, -0.1) is 0 Å². The molecule has 0 aliphatic carbocycles. The third-order valence-electron chi connectivity index (χ3n) is 10.9. The van der Waals surface area contributed by atoms with E-state index in [1.165, 1.54) is 51.4 Å². The maximum atomic E-state index is 12.8. The number of unbranched alkanes of at least 4 members (excludes halogenated alkanes) is 16. The molecular weight excluding hydrogens is 829 g/mol. The van der Waals surface area contributed by atoms with Gasteiger partial charge in [-0.25, -0.2) is 0 Å². The lowest BCUT2D eigenvalue weighted by Gasteiger charge is -2.18. The maximum absolute atomic E-state index is 12.8. The Morgan fingerprint density at radius 3 is 1.00 bits per heavy atom. The molecule has 0 radical (unpaired) electrons. The van der Waals surface area contributed by atoms with Crippen molar-refractivity contribution in [2.75, 3.05) is 13.2 Å². The number of carbonyl (C=O) groups is 3. The van der Waals surface area contributed by atoms with Gasteiger partial charge in [-0.2, -0.15) is 0 Å². The summed E-state index contributed by atoms with van der Waals surface area (Å²) >= 11 is 0. The highest BCUT2D eigenvalue weighted by molar-refractivity contribution is 5.71. The van der Waals surface area contributed by atoms with Gasteiger partial charge >= 0.3 is 17.9 Å². The Kier molecular flexibility index (Phi) is 51.0. The summed E-state index contributed by atoms with van der Waals surface area (Å²) in [6.07, 6.45) is 74.8. The van der Waals surface area contributed by atoms with Gasteiger partial charge in [0.25, 0.3) is 0 Å². The molecule has 0 heterocycles. The Bertz CT molecular complexity index is 1440. The van der Waals surface area contributed by atoms with Crippen molar-refractivity contribution in [1.29, 1.82) is 0 Å². The van der Waals surface area contributed by atoms with Gasteiger partial charge in [-0.05, 0) is 116 Å². The fraction of sp³-hybridized carbons (Fsp3) is 0.623. The smallest absolute Gasteiger partial charge is 0.306 e. The van der Waals surface area contributed by atoms with Gasteiger partial charge in [0.2, 0.25) is 0 Å².